The van der Waals surface area contributed by atoms with E-state index in [4.69, 9.17) is 0 Å². The first-order chi connectivity index (χ1) is 8.13. The van der Waals surface area contributed by atoms with Crippen molar-refractivity contribution in [3.63, 3.8) is 0 Å². The van der Waals surface area contributed by atoms with Crippen LogP contribution < -0.4 is 5.32 Å². The van der Waals surface area contributed by atoms with Crippen molar-refractivity contribution < 1.29 is 4.79 Å². The topological polar surface area (TPSA) is 42.0 Å². The second kappa shape index (κ2) is 4.67. The number of aromatic nitrogens is 1. The van der Waals surface area contributed by atoms with Crippen LogP contribution in [0, 0.1) is 13.8 Å². The van der Waals surface area contributed by atoms with Crippen molar-refractivity contribution in [1.82, 2.24) is 10.3 Å². The first-order valence-electron chi connectivity index (χ1n) is 5.39. The summed E-state index contributed by atoms with van der Waals surface area (Å²) in [5.41, 5.74) is 3.05. The van der Waals surface area contributed by atoms with E-state index in [1.165, 1.54) is 16.9 Å². The summed E-state index contributed by atoms with van der Waals surface area (Å²) in [7, 11) is 1.63. The van der Waals surface area contributed by atoms with Gasteiger partial charge in [0.15, 0.2) is 0 Å². The molecule has 0 radical (unpaired) electrons. The number of hydrogen-bond donors (Lipinski definition) is 1. The van der Waals surface area contributed by atoms with Crippen molar-refractivity contribution in [2.75, 3.05) is 7.05 Å². The number of nitrogens with one attached hydrogen (secondary N) is 1. The lowest BCUT2D eigenvalue weighted by Gasteiger charge is -1.99. The predicted molar refractivity (Wildman–Crippen MR) is 70.4 cm³/mol. The molecule has 2 aromatic rings. The zero-order valence-electron chi connectivity index (χ0n) is 10.1. The Morgan fingerprint density at radius 2 is 2.00 bits per heavy atom. The Hall–Kier alpha value is -1.68. The molecule has 1 amide bonds. The van der Waals surface area contributed by atoms with Gasteiger partial charge in [-0.1, -0.05) is 24.3 Å². The van der Waals surface area contributed by atoms with Gasteiger partial charge in [0.25, 0.3) is 5.91 Å². The molecule has 1 N–H and O–H groups in total. The third-order valence-electron chi connectivity index (χ3n) is 2.61. The molecular formula is C13H14N2OS. The number of benzene rings is 1. The van der Waals surface area contributed by atoms with E-state index in [1.807, 2.05) is 38.1 Å². The normalized spacial score (nSPS) is 10.3. The molecule has 0 spiro atoms. The molecular weight excluding hydrogens is 232 g/mol. The van der Waals surface area contributed by atoms with Gasteiger partial charge in [-0.3, -0.25) is 4.79 Å². The lowest BCUT2D eigenvalue weighted by molar-refractivity contribution is 0.0966. The van der Waals surface area contributed by atoms with Crippen molar-refractivity contribution in [2.45, 2.75) is 13.8 Å². The van der Waals surface area contributed by atoms with Crippen LogP contribution in [0.1, 0.15) is 20.9 Å². The molecule has 3 nitrogen and oxygen atoms in total. The Morgan fingerprint density at radius 1 is 1.29 bits per heavy atom. The molecule has 0 fully saturated rings. The van der Waals surface area contributed by atoms with Gasteiger partial charge in [0.1, 0.15) is 9.88 Å². The lowest BCUT2D eigenvalue weighted by Crippen LogP contribution is -2.17. The minimum Gasteiger partial charge on any atom is -0.354 e. The third-order valence-corrected chi connectivity index (χ3v) is 3.79. The predicted octanol–water partition coefficient (Wildman–Crippen LogP) is 2.79. The Balaban J connectivity index is 2.49. The van der Waals surface area contributed by atoms with E-state index in [-0.39, 0.29) is 5.91 Å². The SMILES string of the molecule is CNC(=O)c1sc(-c2ccccc2C)nc1C. The van der Waals surface area contributed by atoms with E-state index in [0.717, 1.165) is 16.3 Å². The van der Waals surface area contributed by atoms with Crippen molar-refractivity contribution in [1.29, 1.82) is 0 Å². The zero-order chi connectivity index (χ0) is 12.4. The molecule has 0 saturated carbocycles. The van der Waals surface area contributed by atoms with E-state index in [0.29, 0.717) is 4.88 Å². The van der Waals surface area contributed by atoms with Crippen LogP contribution in [0.4, 0.5) is 0 Å². The summed E-state index contributed by atoms with van der Waals surface area (Å²) < 4.78 is 0. The average Bonchev–Trinajstić information content (AvgIpc) is 2.71. The highest BCUT2D eigenvalue weighted by molar-refractivity contribution is 7.17. The van der Waals surface area contributed by atoms with E-state index in [9.17, 15) is 4.79 Å². The molecule has 88 valence electrons. The molecule has 1 aromatic heterocycles. The molecule has 0 aliphatic heterocycles. The smallest absolute Gasteiger partial charge is 0.263 e. The van der Waals surface area contributed by atoms with Crippen molar-refractivity contribution in [3.8, 4) is 10.6 Å². The molecule has 2 rings (SSSR count). The summed E-state index contributed by atoms with van der Waals surface area (Å²) in [5, 5.41) is 3.54. The number of aryl methyl sites for hydroxylation is 2. The highest BCUT2D eigenvalue weighted by Crippen LogP contribution is 2.29. The number of nitrogens with zero attached hydrogens (tertiary/aromatic N) is 1. The van der Waals surface area contributed by atoms with Crippen molar-refractivity contribution in [3.05, 3.63) is 40.4 Å². The minimum atomic E-state index is -0.0696. The number of rotatable bonds is 2. The number of amides is 1. The van der Waals surface area contributed by atoms with Crippen LogP contribution >= 0.6 is 11.3 Å². The highest BCUT2D eigenvalue weighted by Gasteiger charge is 2.15. The molecule has 0 atom stereocenters. The van der Waals surface area contributed by atoms with Gasteiger partial charge in [-0.15, -0.1) is 11.3 Å². The first-order valence-corrected chi connectivity index (χ1v) is 6.20. The summed E-state index contributed by atoms with van der Waals surface area (Å²) in [6.45, 7) is 3.91. The number of carbonyl (C=O) groups is 1. The maximum atomic E-state index is 11.6. The number of hydrogen-bond acceptors (Lipinski definition) is 3. The summed E-state index contributed by atoms with van der Waals surface area (Å²) in [6, 6.07) is 8.06. The van der Waals surface area contributed by atoms with Gasteiger partial charge < -0.3 is 5.32 Å². The number of carbonyl (C=O) groups excluding carboxylic acids is 1. The monoisotopic (exact) mass is 246 g/mol. The van der Waals surface area contributed by atoms with Gasteiger partial charge in [-0.25, -0.2) is 4.98 Å². The van der Waals surface area contributed by atoms with Crippen LogP contribution in [0.5, 0.6) is 0 Å². The molecule has 1 heterocycles. The van der Waals surface area contributed by atoms with E-state index in [1.54, 1.807) is 7.05 Å². The van der Waals surface area contributed by atoms with Gasteiger partial charge in [-0.2, -0.15) is 0 Å². The van der Waals surface area contributed by atoms with Gasteiger partial charge in [0.2, 0.25) is 0 Å². The van der Waals surface area contributed by atoms with Crippen molar-refractivity contribution in [2.24, 2.45) is 0 Å². The molecule has 17 heavy (non-hydrogen) atoms. The Bertz CT molecular complexity index is 560. The first kappa shape index (κ1) is 11.8. The Morgan fingerprint density at radius 3 is 2.65 bits per heavy atom. The van der Waals surface area contributed by atoms with Crippen LogP contribution in [0.15, 0.2) is 24.3 Å². The molecule has 4 heteroatoms. The quantitative estimate of drug-likeness (QED) is 0.885. The van der Waals surface area contributed by atoms with Crippen LogP contribution in [0.25, 0.3) is 10.6 Å². The van der Waals surface area contributed by atoms with E-state index in [2.05, 4.69) is 10.3 Å². The van der Waals surface area contributed by atoms with E-state index < -0.39 is 0 Å². The fraction of sp³-hybridized carbons (Fsp3) is 0.231. The second-order valence-electron chi connectivity index (χ2n) is 3.83. The molecule has 0 aliphatic carbocycles. The fourth-order valence-corrected chi connectivity index (χ4v) is 2.75. The summed E-state index contributed by atoms with van der Waals surface area (Å²) >= 11 is 1.44. The maximum Gasteiger partial charge on any atom is 0.263 e. The highest BCUT2D eigenvalue weighted by atomic mass is 32.1. The van der Waals surface area contributed by atoms with Gasteiger partial charge >= 0.3 is 0 Å². The lowest BCUT2D eigenvalue weighted by atomic mass is 10.1. The van der Waals surface area contributed by atoms with E-state index >= 15 is 0 Å². The van der Waals surface area contributed by atoms with Crippen LogP contribution in [-0.4, -0.2) is 17.9 Å². The van der Waals surface area contributed by atoms with Gasteiger partial charge in [0, 0.05) is 12.6 Å². The minimum absolute atomic E-state index is 0.0696. The summed E-state index contributed by atoms with van der Waals surface area (Å²) in [6.07, 6.45) is 0. The zero-order valence-corrected chi connectivity index (χ0v) is 10.9. The Labute approximate surface area is 105 Å². The molecule has 1 aromatic carbocycles. The molecule has 0 bridgehead atoms. The third kappa shape index (κ3) is 2.22. The molecule has 0 aliphatic rings. The standard InChI is InChI=1S/C13H14N2OS/c1-8-6-4-5-7-10(8)13-15-9(2)11(17-13)12(16)14-3/h4-7H,1-3H3,(H,14,16). The Kier molecular flexibility index (Phi) is 3.24. The average molecular weight is 246 g/mol. The van der Waals surface area contributed by atoms with Crippen LogP contribution in [0.3, 0.4) is 0 Å². The van der Waals surface area contributed by atoms with Gasteiger partial charge in [0.05, 0.1) is 5.69 Å². The summed E-state index contributed by atoms with van der Waals surface area (Å²) in [5.74, 6) is -0.0696. The molecule has 0 saturated heterocycles. The molecule has 0 unspecified atom stereocenters. The summed E-state index contributed by atoms with van der Waals surface area (Å²) in [4.78, 5) is 16.8. The van der Waals surface area contributed by atoms with Crippen LogP contribution in [-0.2, 0) is 0 Å². The van der Waals surface area contributed by atoms with Crippen molar-refractivity contribution >= 4 is 17.2 Å². The largest absolute Gasteiger partial charge is 0.354 e. The second-order valence-corrected chi connectivity index (χ2v) is 4.83. The van der Waals surface area contributed by atoms with Gasteiger partial charge in [-0.05, 0) is 19.4 Å². The maximum absolute atomic E-state index is 11.6. The number of thiazole rings is 1. The fourth-order valence-electron chi connectivity index (χ4n) is 1.65. The van der Waals surface area contributed by atoms with Crippen LogP contribution in [0.2, 0.25) is 0 Å².